The van der Waals surface area contributed by atoms with Crippen LogP contribution in [0.3, 0.4) is 0 Å². The second-order valence-electron chi connectivity index (χ2n) is 3.89. The zero-order valence-corrected chi connectivity index (χ0v) is 11.2. The van der Waals surface area contributed by atoms with Gasteiger partial charge in [0, 0.05) is 18.0 Å². The van der Waals surface area contributed by atoms with Crippen molar-refractivity contribution < 1.29 is 4.79 Å². The molecule has 0 fully saturated rings. The van der Waals surface area contributed by atoms with Gasteiger partial charge >= 0.3 is 0 Å². The molecule has 1 heterocycles. The fourth-order valence-electron chi connectivity index (χ4n) is 1.46. The van der Waals surface area contributed by atoms with Gasteiger partial charge in [0.1, 0.15) is 0 Å². The van der Waals surface area contributed by atoms with Gasteiger partial charge in [-0.3, -0.25) is 9.59 Å². The summed E-state index contributed by atoms with van der Waals surface area (Å²) in [7, 11) is 0. The zero-order chi connectivity index (χ0) is 13.7. The van der Waals surface area contributed by atoms with Crippen molar-refractivity contribution in [2.24, 2.45) is 0 Å². The summed E-state index contributed by atoms with van der Waals surface area (Å²) < 4.78 is 0. The summed E-state index contributed by atoms with van der Waals surface area (Å²) >= 11 is 1.19. The van der Waals surface area contributed by atoms with E-state index in [2.05, 4.69) is 15.3 Å². The largest absolute Gasteiger partial charge is 0.325 e. The van der Waals surface area contributed by atoms with Crippen molar-refractivity contribution in [1.82, 2.24) is 9.97 Å². The number of anilines is 1. The summed E-state index contributed by atoms with van der Waals surface area (Å²) in [5.74, 6) is 0.0622. The van der Waals surface area contributed by atoms with Crippen LogP contribution < -0.4 is 10.9 Å². The van der Waals surface area contributed by atoms with Gasteiger partial charge in [-0.05, 0) is 18.6 Å². The first-order valence-corrected chi connectivity index (χ1v) is 6.67. The number of H-pyrrole nitrogens is 1. The molecule has 0 saturated heterocycles. The molecular formula is C13H13N3O2S. The van der Waals surface area contributed by atoms with Gasteiger partial charge in [-0.2, -0.15) is 0 Å². The highest BCUT2D eigenvalue weighted by Crippen LogP contribution is 2.15. The lowest BCUT2D eigenvalue weighted by molar-refractivity contribution is -0.113. The maximum absolute atomic E-state index is 11.8. The third kappa shape index (κ3) is 3.96. The number of aromatic nitrogens is 2. The molecule has 2 N–H and O–H groups in total. The maximum Gasteiger partial charge on any atom is 0.251 e. The van der Waals surface area contributed by atoms with Crippen LogP contribution in [0.1, 0.15) is 5.56 Å². The zero-order valence-electron chi connectivity index (χ0n) is 10.3. The van der Waals surface area contributed by atoms with Gasteiger partial charge in [0.15, 0.2) is 5.16 Å². The minimum atomic E-state index is -0.225. The molecule has 2 aromatic rings. The predicted octanol–water partition coefficient (Wildman–Crippen LogP) is 1.81. The maximum atomic E-state index is 11.8. The highest BCUT2D eigenvalue weighted by atomic mass is 32.2. The Balaban J connectivity index is 1.92. The van der Waals surface area contributed by atoms with Gasteiger partial charge < -0.3 is 10.3 Å². The number of amides is 1. The van der Waals surface area contributed by atoms with Crippen molar-refractivity contribution in [2.75, 3.05) is 11.1 Å². The molecule has 0 aliphatic heterocycles. The molecule has 0 unspecified atom stereocenters. The summed E-state index contributed by atoms with van der Waals surface area (Å²) in [6.45, 7) is 1.93. The highest BCUT2D eigenvalue weighted by Gasteiger charge is 2.06. The van der Waals surface area contributed by atoms with E-state index in [1.807, 2.05) is 31.2 Å². The lowest BCUT2D eigenvalue weighted by atomic mass is 10.2. The second-order valence-corrected chi connectivity index (χ2v) is 4.86. The topological polar surface area (TPSA) is 74.8 Å². The average Bonchev–Trinajstić information content (AvgIpc) is 2.39. The number of rotatable bonds is 4. The lowest BCUT2D eigenvalue weighted by Crippen LogP contribution is -2.15. The van der Waals surface area contributed by atoms with Crippen molar-refractivity contribution in [2.45, 2.75) is 12.1 Å². The number of hydrogen-bond donors (Lipinski definition) is 2. The number of carbonyl (C=O) groups is 1. The first-order chi connectivity index (χ1) is 9.15. The van der Waals surface area contributed by atoms with E-state index < -0.39 is 0 Å². The predicted molar refractivity (Wildman–Crippen MR) is 75.4 cm³/mol. The number of benzene rings is 1. The molecular weight excluding hydrogens is 262 g/mol. The number of hydrogen-bond acceptors (Lipinski definition) is 4. The Kier molecular flexibility index (Phi) is 4.35. The standard InChI is InChI=1S/C13H13N3O2S/c1-9-4-2-3-5-10(9)15-12(18)8-19-13-14-7-6-11(17)16-13/h2-7H,8H2,1H3,(H,15,18)(H,14,16,17). The Morgan fingerprint density at radius 3 is 2.89 bits per heavy atom. The van der Waals surface area contributed by atoms with Gasteiger partial charge in [-0.15, -0.1) is 0 Å². The molecule has 98 valence electrons. The van der Waals surface area contributed by atoms with Gasteiger partial charge in [-0.25, -0.2) is 4.98 Å². The molecule has 0 spiro atoms. The molecule has 0 aliphatic rings. The monoisotopic (exact) mass is 275 g/mol. The SMILES string of the molecule is Cc1ccccc1NC(=O)CSc1nccc(=O)[nH]1. The second kappa shape index (κ2) is 6.19. The average molecular weight is 275 g/mol. The van der Waals surface area contributed by atoms with Crippen LogP contribution in [0.2, 0.25) is 0 Å². The summed E-state index contributed by atoms with van der Waals surface area (Å²) in [4.78, 5) is 29.4. The summed E-state index contributed by atoms with van der Waals surface area (Å²) in [6.07, 6.45) is 1.42. The molecule has 0 saturated carbocycles. The molecule has 19 heavy (non-hydrogen) atoms. The number of aryl methyl sites for hydroxylation is 1. The molecule has 6 heteroatoms. The summed E-state index contributed by atoms with van der Waals surface area (Å²) in [5.41, 5.74) is 1.58. The number of nitrogens with one attached hydrogen (secondary N) is 2. The van der Waals surface area contributed by atoms with E-state index in [1.54, 1.807) is 0 Å². The van der Waals surface area contributed by atoms with Crippen LogP contribution in [0.4, 0.5) is 5.69 Å². The van der Waals surface area contributed by atoms with Gasteiger partial charge in [0.2, 0.25) is 5.91 Å². The van der Waals surface area contributed by atoms with E-state index in [-0.39, 0.29) is 17.2 Å². The van der Waals surface area contributed by atoms with Crippen LogP contribution in [-0.2, 0) is 4.79 Å². The Bertz CT molecular complexity index is 640. The molecule has 1 amide bonds. The van der Waals surface area contributed by atoms with Crippen LogP contribution >= 0.6 is 11.8 Å². The molecule has 1 aromatic carbocycles. The smallest absolute Gasteiger partial charge is 0.251 e. The van der Waals surface area contributed by atoms with Gasteiger partial charge in [0.25, 0.3) is 5.56 Å². The van der Waals surface area contributed by atoms with Crippen LogP contribution in [0.25, 0.3) is 0 Å². The molecule has 0 atom stereocenters. The number of aromatic amines is 1. The van der Waals surface area contributed by atoms with Crippen molar-refractivity contribution in [3.05, 3.63) is 52.4 Å². The summed E-state index contributed by atoms with van der Waals surface area (Å²) in [6, 6.07) is 8.89. The Morgan fingerprint density at radius 1 is 1.37 bits per heavy atom. The first-order valence-electron chi connectivity index (χ1n) is 5.69. The van der Waals surface area contributed by atoms with Crippen LogP contribution in [0.5, 0.6) is 0 Å². The van der Waals surface area contributed by atoms with E-state index in [0.717, 1.165) is 11.3 Å². The fourth-order valence-corrected chi connectivity index (χ4v) is 2.11. The number of thioether (sulfide) groups is 1. The Morgan fingerprint density at radius 2 is 2.16 bits per heavy atom. The van der Waals surface area contributed by atoms with E-state index >= 15 is 0 Å². The van der Waals surface area contributed by atoms with E-state index in [4.69, 9.17) is 0 Å². The highest BCUT2D eigenvalue weighted by molar-refractivity contribution is 7.99. The minimum Gasteiger partial charge on any atom is -0.325 e. The van der Waals surface area contributed by atoms with Crippen LogP contribution in [0.15, 0.2) is 46.5 Å². The molecule has 0 radical (unpaired) electrons. The first kappa shape index (κ1) is 13.4. The van der Waals surface area contributed by atoms with Gasteiger partial charge in [-0.1, -0.05) is 30.0 Å². The van der Waals surface area contributed by atoms with Crippen LogP contribution in [0, 0.1) is 6.92 Å². The van der Waals surface area contributed by atoms with E-state index in [1.165, 1.54) is 24.0 Å². The Labute approximate surface area is 114 Å². The quantitative estimate of drug-likeness (QED) is 0.659. The number of nitrogens with zero attached hydrogens (tertiary/aromatic N) is 1. The molecule has 2 rings (SSSR count). The molecule has 0 aliphatic carbocycles. The molecule has 0 bridgehead atoms. The molecule has 1 aromatic heterocycles. The Hall–Kier alpha value is -2.08. The normalized spacial score (nSPS) is 10.2. The number of carbonyl (C=O) groups excluding carboxylic acids is 1. The van der Waals surface area contributed by atoms with E-state index in [9.17, 15) is 9.59 Å². The van der Waals surface area contributed by atoms with Crippen molar-refractivity contribution in [3.8, 4) is 0 Å². The lowest BCUT2D eigenvalue weighted by Gasteiger charge is -2.07. The van der Waals surface area contributed by atoms with Crippen LogP contribution in [-0.4, -0.2) is 21.6 Å². The minimum absolute atomic E-state index is 0.134. The number of para-hydroxylation sites is 1. The third-order valence-corrected chi connectivity index (χ3v) is 3.29. The van der Waals surface area contributed by atoms with Crippen molar-refractivity contribution >= 4 is 23.4 Å². The van der Waals surface area contributed by atoms with Crippen molar-refractivity contribution in [1.29, 1.82) is 0 Å². The van der Waals surface area contributed by atoms with Crippen molar-refractivity contribution in [3.63, 3.8) is 0 Å². The third-order valence-electron chi connectivity index (χ3n) is 2.41. The fraction of sp³-hybridized carbons (Fsp3) is 0.154. The van der Waals surface area contributed by atoms with E-state index in [0.29, 0.717) is 5.16 Å². The summed E-state index contributed by atoms with van der Waals surface area (Å²) in [5, 5.41) is 3.25. The molecule has 5 nitrogen and oxygen atoms in total. The van der Waals surface area contributed by atoms with Gasteiger partial charge in [0.05, 0.1) is 5.75 Å².